The summed E-state index contributed by atoms with van der Waals surface area (Å²) in [5.74, 6) is -2.24. The number of rotatable bonds is 35. The van der Waals surface area contributed by atoms with Gasteiger partial charge in [-0.15, -0.1) is 0 Å². The minimum Gasteiger partial charge on any atom is -0.494 e. The van der Waals surface area contributed by atoms with Crippen LogP contribution in [0, 0.1) is 0 Å². The first-order valence-electron chi connectivity index (χ1n) is 20.0. The van der Waals surface area contributed by atoms with Crippen molar-refractivity contribution >= 4 is 35.8 Å². The van der Waals surface area contributed by atoms with E-state index in [9.17, 15) is 28.8 Å². The van der Waals surface area contributed by atoms with Gasteiger partial charge in [0.05, 0.1) is 72.4 Å². The molecule has 0 aliphatic carbocycles. The number of unbranched alkanes of at least 4 members (excludes halogenated alkanes) is 13. The normalized spacial score (nSPS) is 10.6. The lowest BCUT2D eigenvalue weighted by molar-refractivity contribution is -0.149. The Kier molecular flexibility index (Phi) is 28.8. The molecule has 0 fully saturated rings. The van der Waals surface area contributed by atoms with Gasteiger partial charge in [0.25, 0.3) is 0 Å². The molecule has 0 unspecified atom stereocenters. The van der Waals surface area contributed by atoms with E-state index >= 15 is 0 Å². The smallest absolute Gasteiger partial charge is 0.342 e. The zero-order valence-electron chi connectivity index (χ0n) is 33.6. The molecule has 0 spiro atoms. The van der Waals surface area contributed by atoms with Crippen molar-refractivity contribution in [3.63, 3.8) is 0 Å². The molecular formula is C42H64O14. The third kappa shape index (κ3) is 27.0. The Morgan fingerprint density at radius 1 is 0.536 bits per heavy atom. The molecule has 0 amide bonds. The maximum absolute atomic E-state index is 13.2. The first-order chi connectivity index (χ1) is 27.0. The quantitative estimate of drug-likeness (QED) is 0.0303. The van der Waals surface area contributed by atoms with E-state index in [4.69, 9.17) is 33.5 Å². The molecule has 1 aromatic rings. The number of carbonyl (C=O) groups excluding carboxylic acids is 5. The van der Waals surface area contributed by atoms with E-state index in [2.05, 4.69) is 11.3 Å². The number of aliphatic carboxylic acids is 1. The number of carbonyl (C=O) groups is 6. The molecule has 0 bridgehead atoms. The van der Waals surface area contributed by atoms with E-state index in [1.807, 2.05) is 0 Å². The molecular weight excluding hydrogens is 728 g/mol. The summed E-state index contributed by atoms with van der Waals surface area (Å²) in [5.41, 5.74) is 0.674. The molecule has 0 aromatic heterocycles. The van der Waals surface area contributed by atoms with Crippen LogP contribution in [0.4, 0.5) is 0 Å². The van der Waals surface area contributed by atoms with E-state index in [-0.39, 0.29) is 38.9 Å². The predicted molar refractivity (Wildman–Crippen MR) is 207 cm³/mol. The van der Waals surface area contributed by atoms with Crippen LogP contribution in [0.25, 0.3) is 0 Å². The summed E-state index contributed by atoms with van der Waals surface area (Å²) in [7, 11) is 1.28. The van der Waals surface area contributed by atoms with Gasteiger partial charge >= 0.3 is 35.8 Å². The van der Waals surface area contributed by atoms with Crippen molar-refractivity contribution in [3.8, 4) is 11.5 Å². The summed E-state index contributed by atoms with van der Waals surface area (Å²) in [4.78, 5) is 69.4. The highest BCUT2D eigenvalue weighted by molar-refractivity contribution is 5.93. The van der Waals surface area contributed by atoms with Crippen LogP contribution in [-0.2, 0) is 47.7 Å². The summed E-state index contributed by atoms with van der Waals surface area (Å²) in [6.45, 7) is 7.28. The highest BCUT2D eigenvalue weighted by Gasteiger charge is 2.16. The van der Waals surface area contributed by atoms with Gasteiger partial charge in [0, 0.05) is 5.57 Å². The molecule has 0 saturated carbocycles. The summed E-state index contributed by atoms with van der Waals surface area (Å²) >= 11 is 0. The van der Waals surface area contributed by atoms with Gasteiger partial charge < -0.3 is 38.3 Å². The first-order valence-corrected chi connectivity index (χ1v) is 20.0. The summed E-state index contributed by atoms with van der Waals surface area (Å²) in [5, 5.41) is 8.63. The van der Waals surface area contributed by atoms with E-state index < -0.39 is 35.8 Å². The molecule has 0 radical (unpaired) electrons. The zero-order valence-corrected chi connectivity index (χ0v) is 33.6. The van der Waals surface area contributed by atoms with Crippen LogP contribution in [0.2, 0.25) is 0 Å². The lowest BCUT2D eigenvalue weighted by Gasteiger charge is -2.14. The van der Waals surface area contributed by atoms with Crippen molar-refractivity contribution in [2.45, 2.75) is 135 Å². The average Bonchev–Trinajstić information content (AvgIpc) is 3.18. The van der Waals surface area contributed by atoms with Gasteiger partial charge in [0.1, 0.15) is 17.1 Å². The fourth-order valence-corrected chi connectivity index (χ4v) is 5.20. The minimum atomic E-state index is -1.02. The van der Waals surface area contributed by atoms with Crippen LogP contribution in [0.5, 0.6) is 11.5 Å². The number of hydrogen-bond donors (Lipinski definition) is 1. The molecule has 14 heteroatoms. The van der Waals surface area contributed by atoms with Gasteiger partial charge in [-0.05, 0) is 76.5 Å². The number of benzene rings is 1. The highest BCUT2D eigenvalue weighted by atomic mass is 16.5. The predicted octanol–water partition coefficient (Wildman–Crippen LogP) is 7.87. The second-order valence-corrected chi connectivity index (χ2v) is 13.5. The maximum atomic E-state index is 13.2. The third-order valence-electron chi connectivity index (χ3n) is 8.46. The molecule has 316 valence electrons. The molecule has 1 aromatic carbocycles. The minimum absolute atomic E-state index is 0.0231. The van der Waals surface area contributed by atoms with Crippen LogP contribution in [-0.4, -0.2) is 87.7 Å². The van der Waals surface area contributed by atoms with Crippen LogP contribution in [0.15, 0.2) is 30.4 Å². The molecule has 14 nitrogen and oxygen atoms in total. The average molecular weight is 793 g/mol. The fourth-order valence-electron chi connectivity index (χ4n) is 5.20. The van der Waals surface area contributed by atoms with Crippen molar-refractivity contribution in [2.75, 3.05) is 46.8 Å². The van der Waals surface area contributed by atoms with E-state index in [0.29, 0.717) is 61.9 Å². The third-order valence-corrected chi connectivity index (χ3v) is 8.46. The second kappa shape index (κ2) is 32.6. The number of carboxylic acid groups (broad SMARTS) is 1. The largest absolute Gasteiger partial charge is 0.494 e. The number of ether oxygens (including phenoxy) is 7. The lowest BCUT2D eigenvalue weighted by atomic mass is 10.1. The van der Waals surface area contributed by atoms with Crippen LogP contribution >= 0.6 is 0 Å². The van der Waals surface area contributed by atoms with E-state index in [1.165, 1.54) is 7.11 Å². The van der Waals surface area contributed by atoms with Crippen molar-refractivity contribution < 1.29 is 67.0 Å². The van der Waals surface area contributed by atoms with Crippen molar-refractivity contribution in [1.82, 2.24) is 0 Å². The molecule has 0 aliphatic heterocycles. The maximum Gasteiger partial charge on any atom is 0.342 e. The van der Waals surface area contributed by atoms with Gasteiger partial charge in [-0.3, -0.25) is 19.2 Å². The standard InChI is InChI=1S/C42H64O14/c1-33(2)41(48)55-30-18-12-13-19-31-56-42(49)35-32-34(51-26-14-8-4-6-10-17-29-54-40(47)25-24-38(45)50-3)20-21-36(35)52-27-15-9-5-7-11-16-28-53-39(46)23-22-37(43)44/h20-21,32H,1,4-19,22-31H2,2-3H3,(H,43,44). The molecule has 56 heavy (non-hydrogen) atoms. The number of methoxy groups -OCH3 is 1. The molecule has 0 saturated heterocycles. The van der Waals surface area contributed by atoms with Gasteiger partial charge in [-0.2, -0.15) is 0 Å². The Balaban J connectivity index is 2.45. The molecule has 1 N–H and O–H groups in total. The van der Waals surface area contributed by atoms with Gasteiger partial charge in [0.2, 0.25) is 0 Å². The van der Waals surface area contributed by atoms with Crippen LogP contribution < -0.4 is 9.47 Å². The SMILES string of the molecule is C=C(C)C(=O)OCCCCCCOC(=O)c1cc(OCCCCCCCCOC(=O)CCC(=O)OC)ccc1OCCCCCCCCOC(=O)CCC(=O)O. The van der Waals surface area contributed by atoms with Crippen LogP contribution in [0.3, 0.4) is 0 Å². The topological polar surface area (TPSA) is 187 Å². The Morgan fingerprint density at radius 3 is 1.46 bits per heavy atom. The lowest BCUT2D eigenvalue weighted by Crippen LogP contribution is -2.11. The zero-order chi connectivity index (χ0) is 41.2. The number of hydrogen-bond acceptors (Lipinski definition) is 13. The number of carboxylic acids is 1. The highest BCUT2D eigenvalue weighted by Crippen LogP contribution is 2.26. The Morgan fingerprint density at radius 2 is 0.964 bits per heavy atom. The van der Waals surface area contributed by atoms with Gasteiger partial charge in [0.15, 0.2) is 0 Å². The number of esters is 5. The Bertz CT molecular complexity index is 1320. The van der Waals surface area contributed by atoms with E-state index in [1.54, 1.807) is 25.1 Å². The Hall–Kier alpha value is -4.62. The van der Waals surface area contributed by atoms with Crippen molar-refractivity contribution in [1.29, 1.82) is 0 Å². The molecule has 0 atom stereocenters. The monoisotopic (exact) mass is 792 g/mol. The van der Waals surface area contributed by atoms with Gasteiger partial charge in [-0.1, -0.05) is 57.9 Å². The Labute approximate surface area is 331 Å². The van der Waals surface area contributed by atoms with E-state index in [0.717, 1.165) is 89.9 Å². The second-order valence-electron chi connectivity index (χ2n) is 13.5. The van der Waals surface area contributed by atoms with Crippen molar-refractivity contribution in [2.24, 2.45) is 0 Å². The molecule has 0 aliphatic rings. The summed E-state index contributed by atoms with van der Waals surface area (Å²) in [6.07, 6.45) is 13.5. The summed E-state index contributed by atoms with van der Waals surface area (Å²) < 4.78 is 37.4. The fraction of sp³-hybridized carbons (Fsp3) is 0.667. The summed E-state index contributed by atoms with van der Waals surface area (Å²) in [6, 6.07) is 5.18. The van der Waals surface area contributed by atoms with Crippen molar-refractivity contribution in [3.05, 3.63) is 35.9 Å². The van der Waals surface area contributed by atoms with Gasteiger partial charge in [-0.25, -0.2) is 9.59 Å². The molecule has 1 rings (SSSR count). The first kappa shape index (κ1) is 49.4. The molecule has 0 heterocycles. The van der Waals surface area contributed by atoms with Crippen LogP contribution in [0.1, 0.15) is 146 Å².